The third-order valence-electron chi connectivity index (χ3n) is 3.45. The molecule has 0 aliphatic rings. The first-order valence-corrected chi connectivity index (χ1v) is 10.6. The van der Waals surface area contributed by atoms with Crippen LogP contribution in [0.25, 0.3) is 0 Å². The van der Waals surface area contributed by atoms with Gasteiger partial charge >= 0.3 is 59.5 Å². The summed E-state index contributed by atoms with van der Waals surface area (Å²) in [6, 6.07) is 10.6. The summed E-state index contributed by atoms with van der Waals surface area (Å²) in [5.41, 5.74) is -0.178. The molecule has 5 heteroatoms. The van der Waals surface area contributed by atoms with E-state index < -0.39 is 11.9 Å². The van der Waals surface area contributed by atoms with Gasteiger partial charge in [-0.3, -0.25) is 0 Å². The Bertz CT molecular complexity index is 497. The molecule has 0 aliphatic carbocycles. The molecular weight excluding hydrogens is 481 g/mol. The number of carboxylic acid groups (broad SMARTS) is 2. The molecule has 0 spiro atoms. The van der Waals surface area contributed by atoms with Gasteiger partial charge in [0.05, 0.1) is 11.9 Å². The monoisotopic (exact) mass is 505 g/mol. The first kappa shape index (κ1) is 21.8. The quantitative estimate of drug-likeness (QED) is 0.389. The Morgan fingerprint density at radius 1 is 1.17 bits per heavy atom. The summed E-state index contributed by atoms with van der Waals surface area (Å²) in [5.74, 6) is -2.70. The van der Waals surface area contributed by atoms with E-state index in [1.165, 1.54) is 3.07 Å². The van der Waals surface area contributed by atoms with E-state index in [4.69, 9.17) is 0 Å². The molecule has 121 valence electrons. The summed E-state index contributed by atoms with van der Waals surface area (Å²) >= 11 is 0.810. The van der Waals surface area contributed by atoms with E-state index in [0.29, 0.717) is 6.08 Å². The van der Waals surface area contributed by atoms with Crippen LogP contribution in [0.15, 0.2) is 42.0 Å². The van der Waals surface area contributed by atoms with Gasteiger partial charge in [-0.25, -0.2) is 0 Å². The van der Waals surface area contributed by atoms with Crippen LogP contribution in [0.1, 0.15) is 46.0 Å². The van der Waals surface area contributed by atoms with E-state index in [0.717, 1.165) is 51.8 Å². The molecule has 0 N–H and O–H groups in total. The van der Waals surface area contributed by atoms with Gasteiger partial charge in [0.15, 0.2) is 0 Å². The molecule has 0 fully saturated rings. The van der Waals surface area contributed by atoms with Crippen molar-refractivity contribution in [1.82, 2.24) is 0 Å². The standard InChI is InChI=1S/C12H20O4.C6H5.Hg/c1-3-5-6-9(4-2)7-10(12(15)16)8-11(13)14;1-2-4-6-5-3-1;/h8-9H,3-7H2,1-2H3,(H,13,14)(H,15,16);1-5H;/q;;+2/p-2. The zero-order valence-electron chi connectivity index (χ0n) is 13.9. The number of benzene rings is 1. The Balaban J connectivity index is 0.000000568. The van der Waals surface area contributed by atoms with E-state index in [1.807, 2.05) is 6.92 Å². The van der Waals surface area contributed by atoms with Gasteiger partial charge in [-0.1, -0.05) is 39.5 Å². The zero-order chi connectivity index (χ0) is 17.7. The molecule has 1 atom stereocenters. The Kier molecular flexibility index (Phi) is 12.6. The molecule has 23 heavy (non-hydrogen) atoms. The van der Waals surface area contributed by atoms with E-state index >= 15 is 0 Å². The molecule has 0 aromatic heterocycles. The average Bonchev–Trinajstić information content (AvgIpc) is 2.51. The second kappa shape index (κ2) is 13.3. The third-order valence-corrected chi connectivity index (χ3v) is 5.28. The number of unbranched alkanes of at least 4 members (excludes halogenated alkanes) is 1. The predicted molar refractivity (Wildman–Crippen MR) is 82.1 cm³/mol. The molecule has 1 rings (SSSR count). The molecule has 4 nitrogen and oxygen atoms in total. The number of carbonyl (C=O) groups is 2. The van der Waals surface area contributed by atoms with E-state index in [9.17, 15) is 19.8 Å². The molecule has 0 saturated carbocycles. The SMILES string of the molecule is CCCCC(CC)CC(=CC(=O)[O-])C(=O)[O-].[Hg+2][c]1ccccc1. The molecule has 0 bridgehead atoms. The summed E-state index contributed by atoms with van der Waals surface area (Å²) < 4.78 is 1.52. The maximum atomic E-state index is 10.7. The molecule has 1 aromatic rings. The number of aliphatic carboxylic acids is 2. The molecule has 1 unspecified atom stereocenters. The van der Waals surface area contributed by atoms with Crippen molar-refractivity contribution in [2.75, 3.05) is 0 Å². The summed E-state index contributed by atoms with van der Waals surface area (Å²) in [5, 5.41) is 21.0. The fraction of sp³-hybridized carbons (Fsp3) is 0.444. The Labute approximate surface area is 154 Å². The Morgan fingerprint density at radius 2 is 1.78 bits per heavy atom. The van der Waals surface area contributed by atoms with Crippen LogP contribution in [0.2, 0.25) is 0 Å². The van der Waals surface area contributed by atoms with Crippen LogP contribution in [-0.2, 0) is 35.7 Å². The van der Waals surface area contributed by atoms with E-state index in [1.54, 1.807) is 0 Å². The first-order valence-electron chi connectivity index (χ1n) is 7.90. The number of carboxylic acids is 2. The summed E-state index contributed by atoms with van der Waals surface area (Å²) in [4.78, 5) is 21.0. The van der Waals surface area contributed by atoms with E-state index in [2.05, 4.69) is 37.3 Å². The van der Waals surface area contributed by atoms with Crippen LogP contribution in [0, 0.1) is 5.92 Å². The fourth-order valence-corrected chi connectivity index (χ4v) is 3.13. The van der Waals surface area contributed by atoms with Crippen LogP contribution < -0.4 is 13.3 Å². The summed E-state index contributed by atoms with van der Waals surface area (Å²) in [7, 11) is 0. The fourth-order valence-electron chi connectivity index (χ4n) is 2.08. The van der Waals surface area contributed by atoms with Crippen LogP contribution in [-0.4, -0.2) is 11.9 Å². The number of carbonyl (C=O) groups excluding carboxylic acids is 2. The average molecular weight is 504 g/mol. The molecular formula is C18H23HgO4. The third kappa shape index (κ3) is 12.0. The van der Waals surface area contributed by atoms with Crippen LogP contribution in [0.5, 0.6) is 0 Å². The molecule has 0 amide bonds. The molecule has 1 aromatic carbocycles. The normalized spacial score (nSPS) is 12.1. The second-order valence-electron chi connectivity index (χ2n) is 5.38. The van der Waals surface area contributed by atoms with Gasteiger partial charge in [0.25, 0.3) is 0 Å². The van der Waals surface area contributed by atoms with Crippen molar-refractivity contribution >= 4 is 15.0 Å². The van der Waals surface area contributed by atoms with Gasteiger partial charge in [0.2, 0.25) is 0 Å². The zero-order valence-corrected chi connectivity index (χ0v) is 19.4. The topological polar surface area (TPSA) is 80.3 Å². The van der Waals surface area contributed by atoms with Gasteiger partial charge < -0.3 is 19.8 Å². The van der Waals surface area contributed by atoms with Gasteiger partial charge in [-0.05, 0) is 24.0 Å². The van der Waals surface area contributed by atoms with Gasteiger partial charge in [0.1, 0.15) is 0 Å². The van der Waals surface area contributed by atoms with Crippen molar-refractivity contribution < 1.29 is 45.9 Å². The Hall–Kier alpha value is -1.16. The van der Waals surface area contributed by atoms with Crippen molar-refractivity contribution in [3.8, 4) is 0 Å². The van der Waals surface area contributed by atoms with Gasteiger partial charge in [-0.2, -0.15) is 0 Å². The predicted octanol–water partition coefficient (Wildman–Crippen LogP) is 0.878. The van der Waals surface area contributed by atoms with Crippen molar-refractivity contribution in [2.45, 2.75) is 46.0 Å². The van der Waals surface area contributed by atoms with Crippen LogP contribution in [0.4, 0.5) is 0 Å². The van der Waals surface area contributed by atoms with Crippen molar-refractivity contribution in [3.63, 3.8) is 0 Å². The first-order chi connectivity index (χ1) is 10.9. The second-order valence-corrected chi connectivity index (χ2v) is 8.56. The van der Waals surface area contributed by atoms with Gasteiger partial charge in [-0.15, -0.1) is 0 Å². The van der Waals surface area contributed by atoms with Crippen LogP contribution in [0.3, 0.4) is 0 Å². The maximum absolute atomic E-state index is 10.7. The number of hydrogen-bond donors (Lipinski definition) is 0. The van der Waals surface area contributed by atoms with Crippen molar-refractivity contribution in [2.24, 2.45) is 5.92 Å². The minimum absolute atomic E-state index is 0.178. The minimum atomic E-state index is -1.48. The van der Waals surface area contributed by atoms with Gasteiger partial charge in [0, 0.05) is 0 Å². The summed E-state index contributed by atoms with van der Waals surface area (Å²) in [6.45, 7) is 4.02. The molecule has 0 radical (unpaired) electrons. The van der Waals surface area contributed by atoms with E-state index in [-0.39, 0.29) is 17.9 Å². The Morgan fingerprint density at radius 3 is 2.13 bits per heavy atom. The molecule has 0 saturated heterocycles. The number of rotatable bonds is 8. The van der Waals surface area contributed by atoms with Crippen molar-refractivity contribution in [1.29, 1.82) is 0 Å². The number of hydrogen-bond acceptors (Lipinski definition) is 4. The van der Waals surface area contributed by atoms with Crippen LogP contribution >= 0.6 is 0 Å². The molecule has 0 heterocycles. The van der Waals surface area contributed by atoms with Crippen molar-refractivity contribution in [3.05, 3.63) is 42.0 Å². The summed E-state index contributed by atoms with van der Waals surface area (Å²) in [6.07, 6.45) is 4.67. The molecule has 0 aliphatic heterocycles.